The van der Waals surface area contributed by atoms with Gasteiger partial charge in [-0.15, -0.1) is 22.7 Å². The Balaban J connectivity index is 0.000000880. The van der Waals surface area contributed by atoms with Crippen molar-refractivity contribution in [2.24, 2.45) is 0 Å². The van der Waals surface area contributed by atoms with Crippen molar-refractivity contribution in [2.75, 3.05) is 11.9 Å². The number of fused-ring (bicyclic) bond motifs is 2. The number of carbonyl (C=O) groups excluding carboxylic acids is 1. The number of aromatic nitrogens is 1. The van der Waals surface area contributed by atoms with Gasteiger partial charge < -0.3 is 10.6 Å². The maximum absolute atomic E-state index is 11.8. The summed E-state index contributed by atoms with van der Waals surface area (Å²) < 4.78 is 1.16. The van der Waals surface area contributed by atoms with E-state index in [0.717, 1.165) is 45.3 Å². The van der Waals surface area contributed by atoms with Crippen LogP contribution in [0.2, 0.25) is 0 Å². The molecule has 0 unspecified atom stereocenters. The minimum atomic E-state index is -0.182. The van der Waals surface area contributed by atoms with Gasteiger partial charge in [0.05, 0.1) is 10.2 Å². The third kappa shape index (κ3) is 3.51. The fourth-order valence-corrected chi connectivity index (χ4v) is 5.12. The van der Waals surface area contributed by atoms with E-state index in [2.05, 4.69) is 23.3 Å². The van der Waals surface area contributed by atoms with E-state index < -0.39 is 0 Å². The zero-order chi connectivity index (χ0) is 17.8. The van der Waals surface area contributed by atoms with Crippen molar-refractivity contribution in [1.29, 1.82) is 0 Å². The fraction of sp³-hybridized carbons (Fsp3) is 0.263. The summed E-state index contributed by atoms with van der Waals surface area (Å²) in [6.07, 6.45) is 2.26. The van der Waals surface area contributed by atoms with Crippen LogP contribution in [0.4, 0.5) is 5.00 Å². The lowest BCUT2D eigenvalue weighted by Crippen LogP contribution is -2.22. The third-order valence-electron chi connectivity index (χ3n) is 3.86. The summed E-state index contributed by atoms with van der Waals surface area (Å²) in [6, 6.07) is 8.13. The van der Waals surface area contributed by atoms with E-state index in [4.69, 9.17) is 4.98 Å². The van der Waals surface area contributed by atoms with Gasteiger partial charge in [-0.05, 0) is 36.7 Å². The van der Waals surface area contributed by atoms with Crippen molar-refractivity contribution in [3.63, 3.8) is 0 Å². The highest BCUT2D eigenvalue weighted by Crippen LogP contribution is 2.44. The molecule has 3 heterocycles. The average Bonchev–Trinajstić information content (AvgIpc) is 3.23. The summed E-state index contributed by atoms with van der Waals surface area (Å²) in [5.41, 5.74) is 3.40. The van der Waals surface area contributed by atoms with Gasteiger partial charge >= 0.3 is 0 Å². The number of nitrogens with one attached hydrogen (secondary N) is 2. The fourth-order valence-electron chi connectivity index (χ4n) is 2.79. The van der Waals surface area contributed by atoms with Gasteiger partial charge in [0.15, 0.2) is 0 Å². The third-order valence-corrected chi connectivity index (χ3v) is 6.06. The van der Waals surface area contributed by atoms with Gasteiger partial charge in [0.2, 0.25) is 5.91 Å². The second-order valence-corrected chi connectivity index (χ2v) is 7.45. The number of hydrogen-bond donors (Lipinski definition) is 2. The Morgan fingerprint density at radius 2 is 2.12 bits per heavy atom. The molecular weight excluding hydrogens is 350 g/mol. The molecule has 0 saturated carbocycles. The number of benzene rings is 1. The van der Waals surface area contributed by atoms with Gasteiger partial charge in [0.1, 0.15) is 10.0 Å². The molecule has 0 bridgehead atoms. The minimum absolute atomic E-state index is 0.182. The molecule has 1 aliphatic heterocycles. The molecule has 0 spiro atoms. The molecule has 4 nitrogen and oxygen atoms in total. The molecular formula is C19H21N3OS2. The van der Waals surface area contributed by atoms with Crippen LogP contribution in [0.3, 0.4) is 0 Å². The molecule has 4 rings (SSSR count). The molecule has 130 valence electrons. The molecule has 2 N–H and O–H groups in total. The standard InChI is InChI=1S/C17H15N3OS2.C2H6/c1-2-14(21)20-17-15(10-7-8-18-9-13(10)23-17)16-19-11-5-3-4-6-12(11)22-16;1-2/h2-6,18H,1,7-9H2,(H,20,21);1-2H3. The lowest BCUT2D eigenvalue weighted by molar-refractivity contribution is -0.111. The Hall–Kier alpha value is -2.02. The van der Waals surface area contributed by atoms with Crippen molar-refractivity contribution in [3.05, 3.63) is 47.4 Å². The van der Waals surface area contributed by atoms with Crippen LogP contribution >= 0.6 is 22.7 Å². The van der Waals surface area contributed by atoms with E-state index in [9.17, 15) is 4.79 Å². The van der Waals surface area contributed by atoms with E-state index in [1.807, 2.05) is 32.0 Å². The lowest BCUT2D eigenvalue weighted by atomic mass is 10.0. The number of thiophene rings is 1. The van der Waals surface area contributed by atoms with Crippen molar-refractivity contribution < 1.29 is 4.79 Å². The van der Waals surface area contributed by atoms with Gasteiger partial charge in [0, 0.05) is 17.0 Å². The Morgan fingerprint density at radius 3 is 2.88 bits per heavy atom. The van der Waals surface area contributed by atoms with Crippen molar-refractivity contribution in [1.82, 2.24) is 10.3 Å². The average molecular weight is 372 g/mol. The van der Waals surface area contributed by atoms with Crippen LogP contribution in [0.15, 0.2) is 36.9 Å². The van der Waals surface area contributed by atoms with Gasteiger partial charge in [0.25, 0.3) is 0 Å². The van der Waals surface area contributed by atoms with E-state index >= 15 is 0 Å². The van der Waals surface area contributed by atoms with Crippen molar-refractivity contribution >= 4 is 43.8 Å². The summed E-state index contributed by atoms with van der Waals surface area (Å²) in [6.45, 7) is 9.35. The van der Waals surface area contributed by atoms with E-state index in [1.54, 1.807) is 22.7 Å². The van der Waals surface area contributed by atoms with Gasteiger partial charge in [-0.3, -0.25) is 4.79 Å². The smallest absolute Gasteiger partial charge is 0.248 e. The lowest BCUT2D eigenvalue weighted by Gasteiger charge is -2.13. The highest BCUT2D eigenvalue weighted by molar-refractivity contribution is 7.22. The second-order valence-electron chi connectivity index (χ2n) is 5.31. The first-order valence-corrected chi connectivity index (χ1v) is 10.0. The zero-order valence-electron chi connectivity index (χ0n) is 14.4. The molecule has 25 heavy (non-hydrogen) atoms. The van der Waals surface area contributed by atoms with Crippen LogP contribution in [0.25, 0.3) is 20.8 Å². The zero-order valence-corrected chi connectivity index (χ0v) is 16.0. The SMILES string of the molecule is C=CC(=O)Nc1sc2c(c1-c1nc3ccccc3s1)CCNC2.CC. The number of rotatable bonds is 3. The number of thiazole rings is 1. The van der Waals surface area contributed by atoms with Gasteiger partial charge in [-0.2, -0.15) is 0 Å². The highest BCUT2D eigenvalue weighted by Gasteiger charge is 2.24. The van der Waals surface area contributed by atoms with E-state index in [0.29, 0.717) is 0 Å². The second kappa shape index (κ2) is 7.91. The molecule has 1 aliphatic rings. The van der Waals surface area contributed by atoms with E-state index in [-0.39, 0.29) is 5.91 Å². The summed E-state index contributed by atoms with van der Waals surface area (Å²) in [4.78, 5) is 17.9. The maximum Gasteiger partial charge on any atom is 0.248 e. The number of amides is 1. The number of nitrogens with zero attached hydrogens (tertiary/aromatic N) is 1. The van der Waals surface area contributed by atoms with Crippen LogP contribution in [0.5, 0.6) is 0 Å². The van der Waals surface area contributed by atoms with E-state index in [1.165, 1.54) is 16.5 Å². The first-order valence-electron chi connectivity index (χ1n) is 8.41. The van der Waals surface area contributed by atoms with Crippen molar-refractivity contribution in [3.8, 4) is 10.6 Å². The molecule has 0 saturated heterocycles. The molecule has 1 amide bonds. The molecule has 0 radical (unpaired) electrons. The topological polar surface area (TPSA) is 54.0 Å². The Kier molecular flexibility index (Phi) is 5.63. The van der Waals surface area contributed by atoms with Gasteiger partial charge in [-0.25, -0.2) is 4.98 Å². The van der Waals surface area contributed by atoms with Crippen LogP contribution in [0.1, 0.15) is 24.3 Å². The van der Waals surface area contributed by atoms with Crippen LogP contribution in [0, 0.1) is 0 Å². The minimum Gasteiger partial charge on any atom is -0.314 e. The van der Waals surface area contributed by atoms with Crippen molar-refractivity contribution in [2.45, 2.75) is 26.8 Å². The number of hydrogen-bond acceptors (Lipinski definition) is 5. The largest absolute Gasteiger partial charge is 0.314 e. The molecule has 0 aliphatic carbocycles. The number of para-hydroxylation sites is 1. The molecule has 6 heteroatoms. The summed E-state index contributed by atoms with van der Waals surface area (Å²) >= 11 is 3.31. The normalized spacial score (nSPS) is 12.9. The first-order chi connectivity index (χ1) is 12.3. The summed E-state index contributed by atoms with van der Waals surface area (Å²) in [7, 11) is 0. The van der Waals surface area contributed by atoms with Gasteiger partial charge in [-0.1, -0.05) is 32.6 Å². The predicted octanol–water partition coefficient (Wildman–Crippen LogP) is 4.82. The number of anilines is 1. The van der Waals surface area contributed by atoms with Crippen LogP contribution < -0.4 is 10.6 Å². The predicted molar refractivity (Wildman–Crippen MR) is 109 cm³/mol. The first kappa shape index (κ1) is 17.8. The maximum atomic E-state index is 11.8. The Bertz CT molecular complexity index is 878. The van der Waals surface area contributed by atoms with Crippen LogP contribution in [-0.2, 0) is 17.8 Å². The molecule has 1 aromatic carbocycles. The molecule has 0 fully saturated rings. The highest BCUT2D eigenvalue weighted by atomic mass is 32.1. The quantitative estimate of drug-likeness (QED) is 0.649. The summed E-state index contributed by atoms with van der Waals surface area (Å²) in [5, 5.41) is 8.20. The van der Waals surface area contributed by atoms with Crippen LogP contribution in [-0.4, -0.2) is 17.4 Å². The molecule has 2 aromatic heterocycles. The summed E-state index contributed by atoms with van der Waals surface area (Å²) in [5.74, 6) is -0.182. The Labute approximate surface area is 155 Å². The Morgan fingerprint density at radius 1 is 1.32 bits per heavy atom. The monoisotopic (exact) mass is 371 g/mol. The number of carbonyl (C=O) groups is 1. The molecule has 3 aromatic rings. The molecule has 0 atom stereocenters.